The van der Waals surface area contributed by atoms with Crippen molar-refractivity contribution < 1.29 is 9.53 Å². The Hall–Kier alpha value is -1.34. The van der Waals surface area contributed by atoms with Crippen LogP contribution in [0.3, 0.4) is 0 Å². The van der Waals surface area contributed by atoms with Gasteiger partial charge in [0.25, 0.3) is 0 Å². The Balaban J connectivity index is 2.24. The van der Waals surface area contributed by atoms with Crippen molar-refractivity contribution in [3.63, 3.8) is 0 Å². The van der Waals surface area contributed by atoms with Crippen LogP contribution in [0.25, 0.3) is 0 Å². The maximum Gasteiger partial charge on any atom is 0.244 e. The number of hydrogen-bond acceptors (Lipinski definition) is 4. The van der Waals surface area contributed by atoms with Crippen molar-refractivity contribution in [3.8, 4) is 0 Å². The summed E-state index contributed by atoms with van der Waals surface area (Å²) < 4.78 is 5.06. The highest BCUT2D eigenvalue weighted by Gasteiger charge is 2.17. The van der Waals surface area contributed by atoms with E-state index in [4.69, 9.17) is 4.74 Å². The molecular weight excluding hydrogens is 294 g/mol. The summed E-state index contributed by atoms with van der Waals surface area (Å²) >= 11 is 0. The summed E-state index contributed by atoms with van der Waals surface area (Å²) in [5.41, 5.74) is 0. The second-order valence-corrected chi connectivity index (χ2v) is 5.86. The highest BCUT2D eigenvalue weighted by molar-refractivity contribution is 5.85. The van der Waals surface area contributed by atoms with E-state index in [0.717, 1.165) is 71.1 Å². The van der Waals surface area contributed by atoms with Crippen LogP contribution in [-0.2, 0) is 9.53 Å². The van der Waals surface area contributed by atoms with E-state index in [1.807, 2.05) is 11.8 Å². The van der Waals surface area contributed by atoms with Crippen molar-refractivity contribution in [2.45, 2.75) is 26.2 Å². The first-order valence-electron chi connectivity index (χ1n) is 8.64. The van der Waals surface area contributed by atoms with Gasteiger partial charge < -0.3 is 25.2 Å². The first-order chi connectivity index (χ1) is 11.2. The van der Waals surface area contributed by atoms with Crippen LogP contribution >= 0.6 is 0 Å². The summed E-state index contributed by atoms with van der Waals surface area (Å²) in [5.74, 6) is 0.846. The molecule has 0 bridgehead atoms. The number of nitrogens with one attached hydrogen (secondary N) is 2. The Morgan fingerprint density at radius 3 is 2.65 bits per heavy atom. The van der Waals surface area contributed by atoms with E-state index in [0.29, 0.717) is 0 Å². The smallest absolute Gasteiger partial charge is 0.244 e. The van der Waals surface area contributed by atoms with Gasteiger partial charge in [0, 0.05) is 39.8 Å². The number of aliphatic imine (C=N–C) groups is 1. The quantitative estimate of drug-likeness (QED) is 0.339. The van der Waals surface area contributed by atoms with Crippen molar-refractivity contribution >= 4 is 11.9 Å². The number of carbonyl (C=O) groups is 1. The van der Waals surface area contributed by atoms with Gasteiger partial charge in [-0.15, -0.1) is 0 Å². The van der Waals surface area contributed by atoms with E-state index in [-0.39, 0.29) is 12.5 Å². The zero-order chi connectivity index (χ0) is 16.9. The van der Waals surface area contributed by atoms with Gasteiger partial charge in [-0.1, -0.05) is 0 Å². The topological polar surface area (TPSA) is 69.2 Å². The number of ether oxygens (including phenoxy) is 1. The van der Waals surface area contributed by atoms with E-state index in [9.17, 15) is 4.79 Å². The fraction of sp³-hybridized carbons (Fsp3) is 0.875. The Morgan fingerprint density at radius 2 is 2.00 bits per heavy atom. The largest absolute Gasteiger partial charge is 0.383 e. The molecule has 0 radical (unpaired) electrons. The highest BCUT2D eigenvalue weighted by Crippen LogP contribution is 2.07. The predicted octanol–water partition coefficient (Wildman–Crippen LogP) is 0.132. The third kappa shape index (κ3) is 8.76. The maximum atomic E-state index is 12.0. The summed E-state index contributed by atoms with van der Waals surface area (Å²) in [5, 5.41) is 6.47. The van der Waals surface area contributed by atoms with E-state index in [1.54, 1.807) is 7.11 Å². The van der Waals surface area contributed by atoms with Crippen molar-refractivity contribution in [1.82, 2.24) is 20.4 Å². The second-order valence-electron chi connectivity index (χ2n) is 5.86. The molecule has 0 aliphatic carbocycles. The molecule has 23 heavy (non-hydrogen) atoms. The summed E-state index contributed by atoms with van der Waals surface area (Å²) in [7, 11) is 3.81. The molecule has 0 saturated carbocycles. The molecule has 0 aromatic heterocycles. The van der Waals surface area contributed by atoms with Crippen LogP contribution in [0, 0.1) is 0 Å². The molecule has 0 aromatic carbocycles. The van der Waals surface area contributed by atoms with Crippen molar-refractivity contribution in [2.75, 3.05) is 66.6 Å². The molecule has 1 aliphatic rings. The standard InChI is InChI=1S/C16H33N5O2/c1-4-17-16(18-8-7-9-20(2)12-13-23-3)19-14-15(22)21-10-5-6-11-21/h4-14H2,1-3H3,(H2,17,18,19). The lowest BCUT2D eigenvalue weighted by Crippen LogP contribution is -2.40. The number of hydrogen-bond donors (Lipinski definition) is 2. The van der Waals surface area contributed by atoms with Crippen LogP contribution in [0.1, 0.15) is 26.2 Å². The van der Waals surface area contributed by atoms with Crippen LogP contribution in [0.15, 0.2) is 4.99 Å². The average molecular weight is 327 g/mol. The minimum Gasteiger partial charge on any atom is -0.383 e. The van der Waals surface area contributed by atoms with Crippen LogP contribution in [-0.4, -0.2) is 88.2 Å². The molecule has 0 unspecified atom stereocenters. The third-order valence-electron chi connectivity index (χ3n) is 3.86. The highest BCUT2D eigenvalue weighted by atomic mass is 16.5. The van der Waals surface area contributed by atoms with Gasteiger partial charge in [0.15, 0.2) is 5.96 Å². The molecule has 1 rings (SSSR count). The third-order valence-corrected chi connectivity index (χ3v) is 3.86. The lowest BCUT2D eigenvalue weighted by molar-refractivity contribution is -0.128. The van der Waals surface area contributed by atoms with Gasteiger partial charge in [-0.2, -0.15) is 0 Å². The number of likely N-dealkylation sites (N-methyl/N-ethyl adjacent to an activating group) is 1. The Kier molecular flexibility index (Phi) is 10.4. The molecule has 0 spiro atoms. The molecule has 7 heteroatoms. The Bertz CT molecular complexity index is 356. The lowest BCUT2D eigenvalue weighted by Gasteiger charge is -2.17. The van der Waals surface area contributed by atoms with E-state index in [1.165, 1.54) is 0 Å². The van der Waals surface area contributed by atoms with Crippen LogP contribution in [0.2, 0.25) is 0 Å². The Morgan fingerprint density at radius 1 is 1.26 bits per heavy atom. The molecule has 1 fully saturated rings. The number of likely N-dealkylation sites (tertiary alicyclic amines) is 1. The molecule has 134 valence electrons. The molecular formula is C16H33N5O2. The van der Waals surface area contributed by atoms with Crippen molar-refractivity contribution in [1.29, 1.82) is 0 Å². The lowest BCUT2D eigenvalue weighted by atomic mass is 10.4. The van der Waals surface area contributed by atoms with Gasteiger partial charge in [-0.25, -0.2) is 4.99 Å². The molecule has 1 heterocycles. The normalized spacial score (nSPS) is 15.3. The van der Waals surface area contributed by atoms with Gasteiger partial charge in [0.05, 0.1) is 6.61 Å². The van der Waals surface area contributed by atoms with Crippen molar-refractivity contribution in [2.24, 2.45) is 4.99 Å². The number of methoxy groups -OCH3 is 1. The van der Waals surface area contributed by atoms with E-state index < -0.39 is 0 Å². The molecule has 0 atom stereocenters. The molecule has 2 N–H and O–H groups in total. The molecule has 1 saturated heterocycles. The van der Waals surface area contributed by atoms with Gasteiger partial charge >= 0.3 is 0 Å². The molecule has 0 aromatic rings. The first kappa shape index (κ1) is 19.7. The number of guanidine groups is 1. The SMILES string of the molecule is CCNC(=NCC(=O)N1CCCC1)NCCCN(C)CCOC. The minimum absolute atomic E-state index is 0.124. The van der Waals surface area contributed by atoms with Gasteiger partial charge in [0.1, 0.15) is 6.54 Å². The van der Waals surface area contributed by atoms with Gasteiger partial charge in [-0.3, -0.25) is 4.79 Å². The monoisotopic (exact) mass is 327 g/mol. The summed E-state index contributed by atoms with van der Waals surface area (Å²) in [6.07, 6.45) is 3.25. The minimum atomic E-state index is 0.124. The predicted molar refractivity (Wildman–Crippen MR) is 93.8 cm³/mol. The molecule has 1 amide bonds. The van der Waals surface area contributed by atoms with E-state index >= 15 is 0 Å². The Labute approximate surface area is 140 Å². The van der Waals surface area contributed by atoms with Gasteiger partial charge in [0.2, 0.25) is 5.91 Å². The first-order valence-corrected chi connectivity index (χ1v) is 8.64. The van der Waals surface area contributed by atoms with Gasteiger partial charge in [-0.05, 0) is 39.8 Å². The summed E-state index contributed by atoms with van der Waals surface area (Å²) in [4.78, 5) is 20.6. The van der Waals surface area contributed by atoms with Crippen molar-refractivity contribution in [3.05, 3.63) is 0 Å². The maximum absolute atomic E-state index is 12.0. The fourth-order valence-electron chi connectivity index (χ4n) is 2.47. The second kappa shape index (κ2) is 12.1. The number of amides is 1. The summed E-state index contributed by atoms with van der Waals surface area (Å²) in [6.45, 7) is 8.34. The molecule has 1 aliphatic heterocycles. The van der Waals surface area contributed by atoms with E-state index in [2.05, 4.69) is 27.6 Å². The van der Waals surface area contributed by atoms with Crippen LogP contribution in [0.5, 0.6) is 0 Å². The van der Waals surface area contributed by atoms with Crippen LogP contribution in [0.4, 0.5) is 0 Å². The molecule has 7 nitrogen and oxygen atoms in total. The summed E-state index contributed by atoms with van der Waals surface area (Å²) in [6, 6.07) is 0. The number of rotatable bonds is 10. The zero-order valence-corrected chi connectivity index (χ0v) is 14.9. The number of nitrogens with zero attached hydrogens (tertiary/aromatic N) is 3. The zero-order valence-electron chi connectivity index (χ0n) is 14.9. The van der Waals surface area contributed by atoms with Crippen LogP contribution < -0.4 is 10.6 Å². The number of carbonyl (C=O) groups excluding carboxylic acids is 1. The fourth-order valence-corrected chi connectivity index (χ4v) is 2.47. The average Bonchev–Trinajstić information content (AvgIpc) is 3.08.